The van der Waals surface area contributed by atoms with Gasteiger partial charge in [-0.3, -0.25) is 0 Å². The van der Waals surface area contributed by atoms with E-state index in [1.54, 1.807) is 0 Å². The maximum atomic E-state index is 10.2. The molecule has 25 heavy (non-hydrogen) atoms. The molecule has 2 rings (SSSR count). The van der Waals surface area contributed by atoms with Crippen LogP contribution in [0.5, 0.6) is 5.75 Å². The zero-order valence-electron chi connectivity index (χ0n) is 15.4. The molecule has 3 N–H and O–H groups in total. The average Bonchev–Trinajstić information content (AvgIpc) is 2.59. The van der Waals surface area contributed by atoms with E-state index in [9.17, 15) is 5.11 Å². The van der Waals surface area contributed by atoms with Crippen LogP contribution in [0.2, 0.25) is 0 Å². The number of halogens is 1. The molecule has 0 saturated heterocycles. The quantitative estimate of drug-likeness (QED) is 0.704. The van der Waals surface area contributed by atoms with Crippen LogP contribution in [-0.4, -0.2) is 11.2 Å². The van der Waals surface area contributed by atoms with Crippen molar-refractivity contribution in [2.24, 2.45) is 5.73 Å². The first-order valence-electron chi connectivity index (χ1n) is 8.74. The first-order chi connectivity index (χ1) is 11.5. The molecule has 0 aromatic heterocycles. The highest BCUT2D eigenvalue weighted by Gasteiger charge is 2.18. The molecule has 0 radical (unpaired) electrons. The standard InChI is InChI=1S/C21H29NO2.ClH/c1-4-5-11-19(23)20(22)18-12-15(2)21(16(3)13-18)24-14-17-9-7-6-8-10-17;/h6-10,12-13,19-20,23H,4-5,11,14,22H2,1-3H3;1H/t19-,20+;/m0./s1. The highest BCUT2D eigenvalue weighted by molar-refractivity contribution is 5.85. The summed E-state index contributed by atoms with van der Waals surface area (Å²) < 4.78 is 6.01. The number of rotatable bonds is 8. The van der Waals surface area contributed by atoms with E-state index < -0.39 is 6.10 Å². The van der Waals surface area contributed by atoms with Crippen molar-refractivity contribution in [2.45, 2.75) is 58.8 Å². The summed E-state index contributed by atoms with van der Waals surface area (Å²) in [5.74, 6) is 0.901. The Morgan fingerprint density at radius 1 is 1.08 bits per heavy atom. The molecule has 0 aliphatic carbocycles. The van der Waals surface area contributed by atoms with Crippen molar-refractivity contribution in [3.05, 3.63) is 64.7 Å². The van der Waals surface area contributed by atoms with Crippen LogP contribution in [0.15, 0.2) is 42.5 Å². The molecule has 3 nitrogen and oxygen atoms in total. The Morgan fingerprint density at radius 2 is 1.68 bits per heavy atom. The van der Waals surface area contributed by atoms with Crippen LogP contribution in [0, 0.1) is 13.8 Å². The van der Waals surface area contributed by atoms with Crippen LogP contribution in [0.25, 0.3) is 0 Å². The third-order valence-corrected chi connectivity index (χ3v) is 4.36. The number of unbranched alkanes of at least 4 members (excludes halogenated alkanes) is 1. The molecule has 0 amide bonds. The fourth-order valence-corrected chi connectivity index (χ4v) is 2.95. The van der Waals surface area contributed by atoms with E-state index >= 15 is 0 Å². The molecule has 0 bridgehead atoms. The zero-order valence-corrected chi connectivity index (χ0v) is 16.2. The third-order valence-electron chi connectivity index (χ3n) is 4.36. The SMILES string of the molecule is CCCC[C@H](O)[C@H](N)c1cc(C)c(OCc2ccccc2)c(C)c1.Cl. The number of benzene rings is 2. The first kappa shape index (κ1) is 21.5. The Labute approximate surface area is 157 Å². The Hall–Kier alpha value is -1.55. The third kappa shape index (κ3) is 6.03. The Morgan fingerprint density at radius 3 is 2.24 bits per heavy atom. The van der Waals surface area contributed by atoms with Crippen LogP contribution >= 0.6 is 12.4 Å². The summed E-state index contributed by atoms with van der Waals surface area (Å²) in [6, 6.07) is 13.9. The molecule has 2 aromatic rings. The Balaban J connectivity index is 0.00000312. The fraction of sp³-hybridized carbons (Fsp3) is 0.429. The molecule has 0 heterocycles. The van der Waals surface area contributed by atoms with Gasteiger partial charge in [-0.25, -0.2) is 0 Å². The predicted octanol–water partition coefficient (Wildman–Crippen LogP) is 4.86. The van der Waals surface area contributed by atoms with Crippen LogP contribution in [0.3, 0.4) is 0 Å². The molecule has 2 atom stereocenters. The molecule has 4 heteroatoms. The van der Waals surface area contributed by atoms with E-state index in [0.717, 1.165) is 47.3 Å². The van der Waals surface area contributed by atoms with Crippen LogP contribution in [0.4, 0.5) is 0 Å². The molecule has 0 aliphatic heterocycles. The van der Waals surface area contributed by atoms with Gasteiger partial charge in [-0.15, -0.1) is 12.4 Å². The van der Waals surface area contributed by atoms with Crippen molar-refractivity contribution < 1.29 is 9.84 Å². The van der Waals surface area contributed by atoms with Gasteiger partial charge in [0, 0.05) is 0 Å². The maximum Gasteiger partial charge on any atom is 0.125 e. The molecule has 2 aromatic carbocycles. The van der Waals surface area contributed by atoms with E-state index in [1.165, 1.54) is 0 Å². The lowest BCUT2D eigenvalue weighted by Gasteiger charge is -2.21. The number of aliphatic hydroxyl groups excluding tert-OH is 1. The van der Waals surface area contributed by atoms with Gasteiger partial charge in [0.1, 0.15) is 12.4 Å². The summed E-state index contributed by atoms with van der Waals surface area (Å²) in [5.41, 5.74) is 10.5. The number of nitrogens with two attached hydrogens (primary N) is 1. The number of aliphatic hydroxyl groups is 1. The van der Waals surface area contributed by atoms with Crippen molar-refractivity contribution in [2.75, 3.05) is 0 Å². The number of ether oxygens (including phenoxy) is 1. The van der Waals surface area contributed by atoms with E-state index in [1.807, 2.05) is 44.2 Å². The smallest absolute Gasteiger partial charge is 0.125 e. The minimum Gasteiger partial charge on any atom is -0.488 e. The van der Waals surface area contributed by atoms with Gasteiger partial charge in [-0.05, 0) is 42.5 Å². The van der Waals surface area contributed by atoms with E-state index in [4.69, 9.17) is 10.5 Å². The van der Waals surface area contributed by atoms with Crippen molar-refractivity contribution in [3.63, 3.8) is 0 Å². The van der Waals surface area contributed by atoms with Crippen LogP contribution in [-0.2, 0) is 6.61 Å². The van der Waals surface area contributed by atoms with Gasteiger partial charge >= 0.3 is 0 Å². The molecule has 0 spiro atoms. The van der Waals surface area contributed by atoms with E-state index in [-0.39, 0.29) is 18.4 Å². The summed E-state index contributed by atoms with van der Waals surface area (Å²) in [6.07, 6.45) is 2.29. The van der Waals surface area contributed by atoms with Gasteiger partial charge in [0.15, 0.2) is 0 Å². The van der Waals surface area contributed by atoms with Gasteiger partial charge in [-0.2, -0.15) is 0 Å². The lowest BCUT2D eigenvalue weighted by molar-refractivity contribution is 0.132. The summed E-state index contributed by atoms with van der Waals surface area (Å²) in [4.78, 5) is 0. The van der Waals surface area contributed by atoms with Gasteiger partial charge in [0.05, 0.1) is 12.1 Å². The fourth-order valence-electron chi connectivity index (χ4n) is 2.95. The normalized spacial score (nSPS) is 13.0. The second-order valence-electron chi connectivity index (χ2n) is 6.49. The summed E-state index contributed by atoms with van der Waals surface area (Å²) in [7, 11) is 0. The summed E-state index contributed by atoms with van der Waals surface area (Å²) in [6.45, 7) is 6.72. The Bertz CT molecular complexity index is 623. The largest absolute Gasteiger partial charge is 0.488 e. The lowest BCUT2D eigenvalue weighted by Crippen LogP contribution is -2.26. The van der Waals surface area contributed by atoms with Gasteiger partial charge in [-0.1, -0.05) is 62.2 Å². The molecule has 0 aliphatic rings. The van der Waals surface area contributed by atoms with E-state index in [2.05, 4.69) is 19.1 Å². The molecule has 0 unspecified atom stereocenters. The monoisotopic (exact) mass is 363 g/mol. The van der Waals surface area contributed by atoms with Crippen molar-refractivity contribution in [1.29, 1.82) is 0 Å². The highest BCUT2D eigenvalue weighted by atomic mass is 35.5. The summed E-state index contributed by atoms with van der Waals surface area (Å²) >= 11 is 0. The molecule has 138 valence electrons. The van der Waals surface area contributed by atoms with Gasteiger partial charge < -0.3 is 15.6 Å². The van der Waals surface area contributed by atoms with Crippen molar-refractivity contribution in [1.82, 2.24) is 0 Å². The van der Waals surface area contributed by atoms with Gasteiger partial charge in [0.2, 0.25) is 0 Å². The average molecular weight is 364 g/mol. The molecule has 0 saturated carbocycles. The molecular formula is C21H30ClNO2. The van der Waals surface area contributed by atoms with Crippen LogP contribution in [0.1, 0.15) is 54.5 Å². The molecule has 0 fully saturated rings. The summed E-state index contributed by atoms with van der Waals surface area (Å²) in [5, 5.41) is 10.2. The minimum absolute atomic E-state index is 0. The maximum absolute atomic E-state index is 10.2. The van der Waals surface area contributed by atoms with Crippen LogP contribution < -0.4 is 10.5 Å². The minimum atomic E-state index is -0.500. The first-order valence-corrected chi connectivity index (χ1v) is 8.74. The number of aryl methyl sites for hydroxylation is 2. The van der Waals surface area contributed by atoms with Crippen molar-refractivity contribution in [3.8, 4) is 5.75 Å². The zero-order chi connectivity index (χ0) is 17.5. The van der Waals surface area contributed by atoms with E-state index in [0.29, 0.717) is 6.61 Å². The van der Waals surface area contributed by atoms with Crippen molar-refractivity contribution >= 4 is 12.4 Å². The Kier molecular flexibility index (Phi) is 8.98. The lowest BCUT2D eigenvalue weighted by atomic mass is 9.95. The second-order valence-corrected chi connectivity index (χ2v) is 6.49. The second kappa shape index (κ2) is 10.4. The topological polar surface area (TPSA) is 55.5 Å². The highest BCUT2D eigenvalue weighted by Crippen LogP contribution is 2.29. The predicted molar refractivity (Wildman–Crippen MR) is 106 cm³/mol. The number of hydrogen-bond donors (Lipinski definition) is 2. The number of hydrogen-bond acceptors (Lipinski definition) is 3. The van der Waals surface area contributed by atoms with Gasteiger partial charge in [0.25, 0.3) is 0 Å². The molecular weight excluding hydrogens is 334 g/mol.